The zero-order valence-corrected chi connectivity index (χ0v) is 10.2. The van der Waals surface area contributed by atoms with E-state index >= 15 is 0 Å². The van der Waals surface area contributed by atoms with Crippen LogP contribution in [0.4, 0.5) is 0 Å². The molecule has 1 saturated heterocycles. The molecule has 0 bridgehead atoms. The largest absolute Gasteiger partial charge is 0.299 e. The number of benzene rings is 1. The summed E-state index contributed by atoms with van der Waals surface area (Å²) in [5.74, 6) is -0.970. The molecular weight excluding hydrogens is 248 g/mol. The van der Waals surface area contributed by atoms with E-state index in [0.717, 1.165) is 5.56 Å². The average molecular weight is 258 g/mol. The highest BCUT2D eigenvalue weighted by Gasteiger charge is 2.24. The van der Waals surface area contributed by atoms with Crippen molar-refractivity contribution in [3.05, 3.63) is 53.6 Å². The van der Waals surface area contributed by atoms with Crippen molar-refractivity contribution >= 4 is 35.2 Å². The minimum absolute atomic E-state index is 0.0363. The lowest BCUT2D eigenvalue weighted by atomic mass is 10.1. The summed E-state index contributed by atoms with van der Waals surface area (Å²) in [6.45, 7) is 0. The fraction of sp³-hybridized carbons (Fsp3) is 0. The molecule has 1 aliphatic rings. The first-order valence-electron chi connectivity index (χ1n) is 5.27. The van der Waals surface area contributed by atoms with Crippen molar-refractivity contribution in [3.8, 4) is 0 Å². The number of hydrogen-bond acceptors (Lipinski definition) is 3. The average Bonchev–Trinajstić information content (AvgIpc) is 2.34. The Morgan fingerprint density at radius 1 is 1.00 bits per heavy atom. The molecule has 4 nitrogen and oxygen atoms in total. The van der Waals surface area contributed by atoms with Gasteiger partial charge in [-0.15, -0.1) is 0 Å². The van der Waals surface area contributed by atoms with E-state index in [1.54, 1.807) is 12.2 Å². The van der Waals surface area contributed by atoms with Gasteiger partial charge in [-0.05, 0) is 23.9 Å². The van der Waals surface area contributed by atoms with E-state index in [4.69, 9.17) is 12.2 Å². The minimum Gasteiger partial charge on any atom is -0.299 e. The molecule has 2 rings (SSSR count). The maximum atomic E-state index is 11.5. The molecule has 1 fully saturated rings. The molecule has 2 N–H and O–H groups in total. The van der Waals surface area contributed by atoms with E-state index in [1.807, 2.05) is 30.3 Å². The molecule has 1 aromatic carbocycles. The normalized spacial score (nSPS) is 15.6. The second-order valence-corrected chi connectivity index (χ2v) is 4.00. The minimum atomic E-state index is -0.485. The Bertz CT molecular complexity index is 540. The van der Waals surface area contributed by atoms with Crippen molar-refractivity contribution in [2.45, 2.75) is 0 Å². The Hall–Kier alpha value is -2.27. The van der Waals surface area contributed by atoms with E-state index in [2.05, 4.69) is 10.6 Å². The van der Waals surface area contributed by atoms with Crippen LogP contribution < -0.4 is 10.6 Å². The highest BCUT2D eigenvalue weighted by molar-refractivity contribution is 7.80. The van der Waals surface area contributed by atoms with Gasteiger partial charge in [0, 0.05) is 0 Å². The maximum Gasteiger partial charge on any atom is 0.263 e. The molecule has 0 aliphatic carbocycles. The van der Waals surface area contributed by atoms with Crippen molar-refractivity contribution < 1.29 is 9.59 Å². The number of hydrogen-bond donors (Lipinski definition) is 2. The van der Waals surface area contributed by atoms with Crippen molar-refractivity contribution in [1.29, 1.82) is 0 Å². The van der Waals surface area contributed by atoms with Gasteiger partial charge in [0.2, 0.25) is 0 Å². The number of rotatable bonds is 2. The van der Waals surface area contributed by atoms with Gasteiger partial charge in [-0.25, -0.2) is 0 Å². The van der Waals surface area contributed by atoms with Crippen LogP contribution in [0.25, 0.3) is 6.08 Å². The predicted octanol–water partition coefficient (Wildman–Crippen LogP) is 1.16. The topological polar surface area (TPSA) is 58.2 Å². The van der Waals surface area contributed by atoms with Crippen LogP contribution in [0.5, 0.6) is 0 Å². The standard InChI is InChI=1S/C13H10N2O2S/c16-11-10(12(17)15-13(18)14-11)8-4-7-9-5-2-1-3-6-9/h1-8H,(H2,14,15,16,17,18). The van der Waals surface area contributed by atoms with Crippen molar-refractivity contribution in [1.82, 2.24) is 10.6 Å². The van der Waals surface area contributed by atoms with Crippen molar-refractivity contribution in [2.24, 2.45) is 0 Å². The van der Waals surface area contributed by atoms with Gasteiger partial charge in [0.25, 0.3) is 11.8 Å². The zero-order chi connectivity index (χ0) is 13.0. The molecule has 18 heavy (non-hydrogen) atoms. The van der Waals surface area contributed by atoms with Gasteiger partial charge in [0.15, 0.2) is 5.11 Å². The third-order valence-electron chi connectivity index (χ3n) is 2.29. The van der Waals surface area contributed by atoms with Crippen LogP contribution in [0.1, 0.15) is 5.56 Å². The van der Waals surface area contributed by atoms with E-state index in [1.165, 1.54) is 6.08 Å². The van der Waals surface area contributed by atoms with Crippen LogP contribution >= 0.6 is 12.2 Å². The van der Waals surface area contributed by atoms with Crippen LogP contribution in [0, 0.1) is 0 Å². The Balaban J connectivity index is 2.14. The number of thiocarbonyl (C=S) groups is 1. The molecule has 1 heterocycles. The number of amides is 2. The number of carbonyl (C=O) groups excluding carboxylic acids is 2. The van der Waals surface area contributed by atoms with Crippen molar-refractivity contribution in [3.63, 3.8) is 0 Å². The Morgan fingerprint density at radius 2 is 1.61 bits per heavy atom. The van der Waals surface area contributed by atoms with Crippen LogP contribution in [-0.2, 0) is 9.59 Å². The molecule has 0 spiro atoms. The SMILES string of the molecule is O=C1NC(=S)NC(=O)C1=CC=Cc1ccccc1. The molecule has 2 amide bonds. The maximum absolute atomic E-state index is 11.5. The summed E-state index contributed by atoms with van der Waals surface area (Å²) in [6.07, 6.45) is 4.91. The van der Waals surface area contributed by atoms with Crippen LogP contribution in [0.3, 0.4) is 0 Å². The smallest absolute Gasteiger partial charge is 0.263 e. The quantitative estimate of drug-likeness (QED) is 0.475. The molecule has 1 aromatic rings. The summed E-state index contributed by atoms with van der Waals surface area (Å²) < 4.78 is 0. The second kappa shape index (κ2) is 5.37. The van der Waals surface area contributed by atoms with E-state index in [0.29, 0.717) is 0 Å². The first-order valence-corrected chi connectivity index (χ1v) is 5.68. The van der Waals surface area contributed by atoms with Gasteiger partial charge >= 0.3 is 0 Å². The van der Waals surface area contributed by atoms with Gasteiger partial charge in [-0.1, -0.05) is 42.5 Å². The summed E-state index contributed by atoms with van der Waals surface area (Å²) in [5.41, 5.74) is 1.03. The Labute approximate surface area is 109 Å². The molecule has 0 radical (unpaired) electrons. The highest BCUT2D eigenvalue weighted by Crippen LogP contribution is 2.04. The van der Waals surface area contributed by atoms with Gasteiger partial charge in [0.1, 0.15) is 5.57 Å². The third kappa shape index (κ3) is 2.89. The van der Waals surface area contributed by atoms with E-state index < -0.39 is 11.8 Å². The summed E-state index contributed by atoms with van der Waals surface area (Å²) in [4.78, 5) is 23.0. The second-order valence-electron chi connectivity index (χ2n) is 3.59. The monoisotopic (exact) mass is 258 g/mol. The van der Waals surface area contributed by atoms with Gasteiger partial charge in [-0.3, -0.25) is 20.2 Å². The molecule has 0 unspecified atom stereocenters. The van der Waals surface area contributed by atoms with Gasteiger partial charge in [-0.2, -0.15) is 0 Å². The van der Waals surface area contributed by atoms with Crippen molar-refractivity contribution in [2.75, 3.05) is 0 Å². The van der Waals surface area contributed by atoms with E-state index in [9.17, 15) is 9.59 Å². The fourth-order valence-electron chi connectivity index (χ4n) is 1.45. The van der Waals surface area contributed by atoms with E-state index in [-0.39, 0.29) is 10.7 Å². The molecule has 0 saturated carbocycles. The molecule has 90 valence electrons. The molecular formula is C13H10N2O2S. The number of nitrogens with one attached hydrogen (secondary N) is 2. The summed E-state index contributed by atoms with van der Waals surface area (Å²) in [6, 6.07) is 9.58. The molecule has 0 atom stereocenters. The first kappa shape index (κ1) is 12.2. The number of allylic oxidation sites excluding steroid dienone is 2. The number of carbonyl (C=O) groups is 2. The van der Waals surface area contributed by atoms with Gasteiger partial charge < -0.3 is 0 Å². The summed E-state index contributed by atoms with van der Waals surface area (Å²) in [7, 11) is 0. The lowest BCUT2D eigenvalue weighted by molar-refractivity contribution is -0.123. The van der Waals surface area contributed by atoms with Gasteiger partial charge in [0.05, 0.1) is 0 Å². The highest BCUT2D eigenvalue weighted by atomic mass is 32.1. The lowest BCUT2D eigenvalue weighted by Crippen LogP contribution is -2.51. The summed E-state index contributed by atoms with van der Waals surface area (Å²) >= 11 is 4.69. The predicted molar refractivity (Wildman–Crippen MR) is 72.4 cm³/mol. The van der Waals surface area contributed by atoms with Crippen LogP contribution in [0.15, 0.2) is 48.1 Å². The molecule has 5 heteroatoms. The zero-order valence-electron chi connectivity index (χ0n) is 9.34. The Kier molecular flexibility index (Phi) is 3.64. The first-order chi connectivity index (χ1) is 8.66. The third-order valence-corrected chi connectivity index (χ3v) is 2.50. The molecule has 1 aliphatic heterocycles. The molecule has 0 aromatic heterocycles. The van der Waals surface area contributed by atoms with Crippen LogP contribution in [0.2, 0.25) is 0 Å². The van der Waals surface area contributed by atoms with Crippen LogP contribution in [-0.4, -0.2) is 16.9 Å². The fourth-order valence-corrected chi connectivity index (χ4v) is 1.63. The summed E-state index contributed by atoms with van der Waals surface area (Å²) in [5, 5.41) is 4.77. The Morgan fingerprint density at radius 3 is 2.22 bits per heavy atom. The lowest BCUT2D eigenvalue weighted by Gasteiger charge is -2.15.